The maximum atomic E-state index is 13.4. The lowest BCUT2D eigenvalue weighted by Gasteiger charge is -2.23. The number of carboxylic acids is 1. The second-order valence-corrected chi connectivity index (χ2v) is 9.37. The Kier molecular flexibility index (Phi) is 8.47. The van der Waals surface area contributed by atoms with Crippen molar-refractivity contribution in [3.8, 4) is 11.5 Å². The fourth-order valence-corrected chi connectivity index (χ4v) is 4.33. The van der Waals surface area contributed by atoms with E-state index in [2.05, 4.69) is 15.6 Å². The van der Waals surface area contributed by atoms with Gasteiger partial charge >= 0.3 is 5.97 Å². The Balaban J connectivity index is 1.53. The number of aromatic hydroxyl groups is 2. The highest BCUT2D eigenvalue weighted by Gasteiger charge is 2.29. The first kappa shape index (κ1) is 27.2. The van der Waals surface area contributed by atoms with Gasteiger partial charge in [-0.3, -0.25) is 9.59 Å². The fourth-order valence-electron chi connectivity index (χ4n) is 4.33. The summed E-state index contributed by atoms with van der Waals surface area (Å²) in [5.74, 6) is -2.35. The largest absolute Gasteiger partial charge is 0.508 e. The van der Waals surface area contributed by atoms with E-state index in [1.807, 2.05) is 24.3 Å². The molecule has 0 radical (unpaired) electrons. The molecule has 0 bridgehead atoms. The van der Waals surface area contributed by atoms with Crippen molar-refractivity contribution in [1.82, 2.24) is 15.6 Å². The van der Waals surface area contributed by atoms with E-state index in [-0.39, 0.29) is 30.8 Å². The second-order valence-electron chi connectivity index (χ2n) is 9.37. The molecule has 10 heteroatoms. The first-order valence-electron chi connectivity index (χ1n) is 12.4. The molecular formula is C29H30N4O6. The molecular weight excluding hydrogens is 500 g/mol. The van der Waals surface area contributed by atoms with Gasteiger partial charge in [0.05, 0.1) is 6.04 Å². The van der Waals surface area contributed by atoms with Crippen molar-refractivity contribution in [1.29, 1.82) is 0 Å². The fraction of sp³-hybridized carbons (Fsp3) is 0.207. The molecule has 0 fully saturated rings. The van der Waals surface area contributed by atoms with Crippen LogP contribution in [-0.2, 0) is 33.6 Å². The van der Waals surface area contributed by atoms with Crippen LogP contribution in [-0.4, -0.2) is 56.2 Å². The van der Waals surface area contributed by atoms with Crippen molar-refractivity contribution in [2.75, 3.05) is 0 Å². The molecule has 8 N–H and O–H groups in total. The average molecular weight is 531 g/mol. The zero-order valence-corrected chi connectivity index (χ0v) is 21.0. The summed E-state index contributed by atoms with van der Waals surface area (Å²) in [5, 5.41) is 34.9. The lowest BCUT2D eigenvalue weighted by atomic mass is 10.0. The number of aromatic nitrogens is 1. The monoisotopic (exact) mass is 530 g/mol. The molecule has 3 atom stereocenters. The third kappa shape index (κ3) is 7.14. The highest BCUT2D eigenvalue weighted by molar-refractivity contribution is 5.93. The van der Waals surface area contributed by atoms with E-state index >= 15 is 0 Å². The molecule has 0 spiro atoms. The standard InChI is InChI=1S/C29H30N4O6/c30-23(13-17-5-9-20(34)10-6-17)27(36)32-25(15-19-16-31-24-4-2-1-3-22(19)24)28(37)33-26(29(38)39)14-18-7-11-21(35)12-8-18/h1-12,16,23,25-26,31,34-35H,13-15,30H2,(H,32,36)(H,33,37)(H,38,39)/t23-,25-,26-/m0/s1. The molecule has 10 nitrogen and oxygen atoms in total. The number of aromatic amines is 1. The third-order valence-electron chi connectivity index (χ3n) is 6.45. The molecule has 0 saturated heterocycles. The second kappa shape index (κ2) is 12.1. The lowest BCUT2D eigenvalue weighted by molar-refractivity contribution is -0.142. The van der Waals surface area contributed by atoms with Crippen LogP contribution < -0.4 is 16.4 Å². The Bertz CT molecular complexity index is 1450. The highest BCUT2D eigenvalue weighted by atomic mass is 16.4. The van der Waals surface area contributed by atoms with Gasteiger partial charge in [0.15, 0.2) is 0 Å². The van der Waals surface area contributed by atoms with E-state index in [1.165, 1.54) is 24.3 Å². The zero-order chi connectivity index (χ0) is 27.9. The topological polar surface area (TPSA) is 178 Å². The van der Waals surface area contributed by atoms with Crippen LogP contribution in [0.1, 0.15) is 16.7 Å². The van der Waals surface area contributed by atoms with Crippen molar-refractivity contribution in [3.05, 3.63) is 95.7 Å². The smallest absolute Gasteiger partial charge is 0.326 e. The maximum absolute atomic E-state index is 13.4. The third-order valence-corrected chi connectivity index (χ3v) is 6.45. The van der Waals surface area contributed by atoms with Crippen molar-refractivity contribution in [2.45, 2.75) is 37.4 Å². The number of carbonyl (C=O) groups is 3. The number of H-pyrrole nitrogens is 1. The predicted octanol–water partition coefficient (Wildman–Crippen LogP) is 1.99. The number of fused-ring (bicyclic) bond motifs is 1. The van der Waals surface area contributed by atoms with Gasteiger partial charge in [-0.15, -0.1) is 0 Å². The number of nitrogens with two attached hydrogens (primary N) is 1. The molecule has 39 heavy (non-hydrogen) atoms. The Hall–Kier alpha value is -4.83. The number of hydrogen-bond donors (Lipinski definition) is 7. The molecule has 1 aromatic heterocycles. The van der Waals surface area contributed by atoms with E-state index in [4.69, 9.17) is 5.73 Å². The lowest BCUT2D eigenvalue weighted by Crippen LogP contribution is -2.55. The van der Waals surface area contributed by atoms with Crippen LogP contribution in [0.25, 0.3) is 10.9 Å². The molecule has 4 aromatic rings. The van der Waals surface area contributed by atoms with Crippen LogP contribution in [0.4, 0.5) is 0 Å². The Morgan fingerprint density at radius 1 is 0.744 bits per heavy atom. The first-order valence-corrected chi connectivity index (χ1v) is 12.4. The van der Waals surface area contributed by atoms with Crippen LogP contribution in [0.15, 0.2) is 79.0 Å². The summed E-state index contributed by atoms with van der Waals surface area (Å²) in [6, 6.07) is 16.5. The van der Waals surface area contributed by atoms with Gasteiger partial charge in [0, 0.05) is 29.9 Å². The van der Waals surface area contributed by atoms with Crippen LogP contribution in [0.5, 0.6) is 11.5 Å². The summed E-state index contributed by atoms with van der Waals surface area (Å²) in [6.45, 7) is 0. The van der Waals surface area contributed by atoms with Crippen molar-refractivity contribution >= 4 is 28.7 Å². The minimum Gasteiger partial charge on any atom is -0.508 e. The van der Waals surface area contributed by atoms with Crippen molar-refractivity contribution in [3.63, 3.8) is 0 Å². The summed E-state index contributed by atoms with van der Waals surface area (Å²) in [4.78, 5) is 41.6. The molecule has 0 saturated carbocycles. The Morgan fingerprint density at radius 2 is 1.31 bits per heavy atom. The van der Waals surface area contributed by atoms with Crippen LogP contribution in [0.2, 0.25) is 0 Å². The van der Waals surface area contributed by atoms with Gasteiger partial charge in [0.2, 0.25) is 11.8 Å². The molecule has 0 aliphatic heterocycles. The number of nitrogens with one attached hydrogen (secondary N) is 3. The number of aliphatic carboxylic acids is 1. The van der Waals surface area contributed by atoms with Gasteiger partial charge in [0.25, 0.3) is 0 Å². The molecule has 1 heterocycles. The molecule has 2 amide bonds. The summed E-state index contributed by atoms with van der Waals surface area (Å²) in [5.41, 5.74) is 9.10. The van der Waals surface area contributed by atoms with E-state index < -0.39 is 35.9 Å². The number of hydrogen-bond acceptors (Lipinski definition) is 6. The van der Waals surface area contributed by atoms with Crippen LogP contribution in [0.3, 0.4) is 0 Å². The van der Waals surface area contributed by atoms with Gasteiger partial charge < -0.3 is 36.7 Å². The van der Waals surface area contributed by atoms with Crippen molar-refractivity contribution < 1.29 is 29.7 Å². The molecule has 0 aliphatic rings. The van der Waals surface area contributed by atoms with Gasteiger partial charge in [0.1, 0.15) is 23.6 Å². The predicted molar refractivity (Wildman–Crippen MR) is 145 cm³/mol. The first-order chi connectivity index (χ1) is 18.7. The molecule has 0 unspecified atom stereocenters. The molecule has 3 aromatic carbocycles. The zero-order valence-electron chi connectivity index (χ0n) is 21.0. The Labute approximate surface area is 224 Å². The number of benzene rings is 3. The van der Waals surface area contributed by atoms with E-state index in [0.717, 1.165) is 22.0 Å². The summed E-state index contributed by atoms with van der Waals surface area (Å²) >= 11 is 0. The summed E-state index contributed by atoms with van der Waals surface area (Å²) in [7, 11) is 0. The van der Waals surface area contributed by atoms with Crippen LogP contribution in [0, 0.1) is 0 Å². The Morgan fingerprint density at radius 3 is 1.92 bits per heavy atom. The number of phenols is 2. The number of carbonyl (C=O) groups excluding carboxylic acids is 2. The maximum Gasteiger partial charge on any atom is 0.326 e. The average Bonchev–Trinajstić information content (AvgIpc) is 3.33. The molecule has 4 rings (SSSR count). The SMILES string of the molecule is N[C@@H](Cc1ccc(O)cc1)C(=O)N[C@@H](Cc1c[nH]c2ccccc12)C(=O)N[C@@H](Cc1ccc(O)cc1)C(=O)O. The highest BCUT2D eigenvalue weighted by Crippen LogP contribution is 2.20. The molecule has 202 valence electrons. The van der Waals surface area contributed by atoms with Gasteiger partial charge in [-0.05, 0) is 53.4 Å². The van der Waals surface area contributed by atoms with Gasteiger partial charge in [-0.1, -0.05) is 42.5 Å². The van der Waals surface area contributed by atoms with Crippen LogP contribution >= 0.6 is 0 Å². The summed E-state index contributed by atoms with van der Waals surface area (Å²) < 4.78 is 0. The number of amides is 2. The van der Waals surface area contributed by atoms with E-state index in [9.17, 15) is 29.7 Å². The number of carboxylic acid groups (broad SMARTS) is 1. The van der Waals surface area contributed by atoms with Gasteiger partial charge in [-0.2, -0.15) is 0 Å². The quantitative estimate of drug-likeness (QED) is 0.155. The van der Waals surface area contributed by atoms with E-state index in [1.54, 1.807) is 30.5 Å². The van der Waals surface area contributed by atoms with Crippen molar-refractivity contribution in [2.24, 2.45) is 5.73 Å². The minimum atomic E-state index is -1.27. The number of para-hydroxylation sites is 1. The number of phenolic OH excluding ortho intramolecular Hbond substituents is 2. The normalized spacial score (nSPS) is 13.4. The number of rotatable bonds is 11. The molecule has 0 aliphatic carbocycles. The van der Waals surface area contributed by atoms with Gasteiger partial charge in [-0.25, -0.2) is 4.79 Å². The minimum absolute atomic E-state index is 0.0184. The summed E-state index contributed by atoms with van der Waals surface area (Å²) in [6.07, 6.45) is 2.00. The van der Waals surface area contributed by atoms with E-state index in [0.29, 0.717) is 5.56 Å².